The van der Waals surface area contributed by atoms with Crippen molar-refractivity contribution in [3.8, 4) is 0 Å². The van der Waals surface area contributed by atoms with Crippen LogP contribution in [-0.4, -0.2) is 45.9 Å². The smallest absolute Gasteiger partial charge is 0.245 e. The predicted octanol–water partition coefficient (Wildman–Crippen LogP) is 0.608. The lowest BCUT2D eigenvalue weighted by molar-refractivity contribution is -0.125. The van der Waals surface area contributed by atoms with Crippen LogP contribution in [0.3, 0.4) is 0 Å². The SMILES string of the molecule is COCC(C)NC(=O)C(Cc1ccccc1)n1cnnn1. The molecule has 2 atom stereocenters. The van der Waals surface area contributed by atoms with E-state index >= 15 is 0 Å². The summed E-state index contributed by atoms with van der Waals surface area (Å²) >= 11 is 0. The molecule has 0 aliphatic carbocycles. The van der Waals surface area contributed by atoms with E-state index in [1.54, 1.807) is 7.11 Å². The molecule has 1 heterocycles. The molecule has 112 valence electrons. The number of aromatic nitrogens is 4. The van der Waals surface area contributed by atoms with E-state index in [0.29, 0.717) is 13.0 Å². The molecule has 7 nitrogen and oxygen atoms in total. The van der Waals surface area contributed by atoms with E-state index in [9.17, 15) is 4.79 Å². The first kappa shape index (κ1) is 15.1. The van der Waals surface area contributed by atoms with Gasteiger partial charge < -0.3 is 10.1 Å². The first-order valence-electron chi connectivity index (χ1n) is 6.76. The van der Waals surface area contributed by atoms with Crippen molar-refractivity contribution in [1.29, 1.82) is 0 Å². The van der Waals surface area contributed by atoms with Gasteiger partial charge in [-0.1, -0.05) is 30.3 Å². The summed E-state index contributed by atoms with van der Waals surface area (Å²) in [7, 11) is 1.60. The third-order valence-corrected chi connectivity index (χ3v) is 3.06. The van der Waals surface area contributed by atoms with Gasteiger partial charge in [0, 0.05) is 19.6 Å². The van der Waals surface area contributed by atoms with Crippen molar-refractivity contribution in [3.05, 3.63) is 42.2 Å². The van der Waals surface area contributed by atoms with Crippen molar-refractivity contribution in [2.24, 2.45) is 0 Å². The molecule has 21 heavy (non-hydrogen) atoms. The molecule has 1 amide bonds. The lowest BCUT2D eigenvalue weighted by Crippen LogP contribution is -2.41. The molecule has 0 saturated heterocycles. The van der Waals surface area contributed by atoms with E-state index in [0.717, 1.165) is 5.56 Å². The number of carbonyl (C=O) groups is 1. The molecule has 0 saturated carbocycles. The van der Waals surface area contributed by atoms with Gasteiger partial charge in [0.05, 0.1) is 6.61 Å². The molecule has 1 N–H and O–H groups in total. The van der Waals surface area contributed by atoms with Crippen molar-refractivity contribution < 1.29 is 9.53 Å². The van der Waals surface area contributed by atoms with E-state index < -0.39 is 6.04 Å². The molecule has 7 heteroatoms. The zero-order valence-corrected chi connectivity index (χ0v) is 12.1. The van der Waals surface area contributed by atoms with E-state index in [2.05, 4.69) is 20.8 Å². The number of nitrogens with one attached hydrogen (secondary N) is 1. The number of benzene rings is 1. The Kier molecular flexibility index (Phi) is 5.39. The Morgan fingerprint density at radius 3 is 2.76 bits per heavy atom. The molecule has 0 fully saturated rings. The molecule has 2 unspecified atom stereocenters. The second-order valence-electron chi connectivity index (χ2n) is 4.86. The number of tetrazole rings is 1. The highest BCUT2D eigenvalue weighted by Crippen LogP contribution is 2.13. The molecule has 2 rings (SSSR count). The second kappa shape index (κ2) is 7.49. The Labute approximate surface area is 123 Å². The van der Waals surface area contributed by atoms with Crippen molar-refractivity contribution in [2.75, 3.05) is 13.7 Å². The van der Waals surface area contributed by atoms with Crippen LogP contribution in [0.5, 0.6) is 0 Å². The van der Waals surface area contributed by atoms with Crippen LogP contribution >= 0.6 is 0 Å². The summed E-state index contributed by atoms with van der Waals surface area (Å²) in [6, 6.07) is 9.22. The maximum Gasteiger partial charge on any atom is 0.245 e. The van der Waals surface area contributed by atoms with E-state index in [1.807, 2.05) is 37.3 Å². The molecule has 0 bridgehead atoms. The summed E-state index contributed by atoms with van der Waals surface area (Å²) < 4.78 is 6.51. The minimum Gasteiger partial charge on any atom is -0.383 e. The summed E-state index contributed by atoms with van der Waals surface area (Å²) in [5.41, 5.74) is 1.05. The fraction of sp³-hybridized carbons (Fsp3) is 0.429. The molecule has 1 aromatic heterocycles. The lowest BCUT2D eigenvalue weighted by Gasteiger charge is -2.19. The third-order valence-electron chi connectivity index (χ3n) is 3.06. The molecule has 2 aromatic rings. The Bertz CT molecular complexity index is 544. The Morgan fingerprint density at radius 2 is 2.14 bits per heavy atom. The number of nitrogens with zero attached hydrogens (tertiary/aromatic N) is 4. The number of ether oxygens (including phenoxy) is 1. The highest BCUT2D eigenvalue weighted by Gasteiger charge is 2.23. The number of amides is 1. The predicted molar refractivity (Wildman–Crippen MR) is 76.5 cm³/mol. The first-order chi connectivity index (χ1) is 10.2. The van der Waals surface area contributed by atoms with E-state index in [1.165, 1.54) is 11.0 Å². The van der Waals surface area contributed by atoms with Gasteiger partial charge in [0.25, 0.3) is 0 Å². The molecule has 0 radical (unpaired) electrons. The van der Waals surface area contributed by atoms with Gasteiger partial charge in [-0.2, -0.15) is 0 Å². The fourth-order valence-corrected chi connectivity index (χ4v) is 2.09. The van der Waals surface area contributed by atoms with Crippen LogP contribution in [-0.2, 0) is 16.0 Å². The number of hydrogen-bond donors (Lipinski definition) is 1. The van der Waals surface area contributed by atoms with Crippen LogP contribution in [0.1, 0.15) is 18.5 Å². The molecule has 0 aliphatic rings. The quantitative estimate of drug-likeness (QED) is 0.807. The highest BCUT2D eigenvalue weighted by atomic mass is 16.5. The fourth-order valence-electron chi connectivity index (χ4n) is 2.09. The number of rotatable bonds is 7. The van der Waals surface area contributed by atoms with Crippen molar-refractivity contribution in [3.63, 3.8) is 0 Å². The number of methoxy groups -OCH3 is 1. The van der Waals surface area contributed by atoms with Gasteiger partial charge in [-0.25, -0.2) is 4.68 Å². The topological polar surface area (TPSA) is 81.9 Å². The van der Waals surface area contributed by atoms with Crippen LogP contribution in [0.25, 0.3) is 0 Å². The summed E-state index contributed by atoms with van der Waals surface area (Å²) in [6.45, 7) is 2.35. The third kappa shape index (κ3) is 4.35. The zero-order chi connectivity index (χ0) is 15.1. The van der Waals surface area contributed by atoms with Gasteiger partial charge in [-0.3, -0.25) is 4.79 Å². The first-order valence-corrected chi connectivity index (χ1v) is 6.76. The molecular formula is C14H19N5O2. The van der Waals surface area contributed by atoms with Crippen molar-refractivity contribution in [1.82, 2.24) is 25.5 Å². The van der Waals surface area contributed by atoms with Gasteiger partial charge in [0.1, 0.15) is 12.4 Å². The van der Waals surface area contributed by atoms with Gasteiger partial charge >= 0.3 is 0 Å². The highest BCUT2D eigenvalue weighted by molar-refractivity contribution is 5.80. The normalized spacial score (nSPS) is 13.6. The van der Waals surface area contributed by atoms with Gasteiger partial charge in [0.2, 0.25) is 5.91 Å². The van der Waals surface area contributed by atoms with Crippen LogP contribution in [0.2, 0.25) is 0 Å². The van der Waals surface area contributed by atoms with Gasteiger partial charge in [-0.15, -0.1) is 5.10 Å². The molecule has 0 aliphatic heterocycles. The van der Waals surface area contributed by atoms with Crippen LogP contribution in [0.15, 0.2) is 36.7 Å². The van der Waals surface area contributed by atoms with Gasteiger partial charge in [-0.05, 0) is 22.9 Å². The zero-order valence-electron chi connectivity index (χ0n) is 12.1. The van der Waals surface area contributed by atoms with Crippen molar-refractivity contribution in [2.45, 2.75) is 25.4 Å². The summed E-state index contributed by atoms with van der Waals surface area (Å²) in [6.07, 6.45) is 1.98. The summed E-state index contributed by atoms with van der Waals surface area (Å²) in [5, 5.41) is 14.0. The molecule has 0 spiro atoms. The van der Waals surface area contributed by atoms with E-state index in [-0.39, 0.29) is 11.9 Å². The Balaban J connectivity index is 2.11. The minimum absolute atomic E-state index is 0.0720. The number of carbonyl (C=O) groups excluding carboxylic acids is 1. The second-order valence-corrected chi connectivity index (χ2v) is 4.86. The maximum absolute atomic E-state index is 12.4. The van der Waals surface area contributed by atoms with E-state index in [4.69, 9.17) is 4.74 Å². The maximum atomic E-state index is 12.4. The molecule has 1 aromatic carbocycles. The minimum atomic E-state index is -0.485. The van der Waals surface area contributed by atoms with Crippen LogP contribution < -0.4 is 5.32 Å². The average Bonchev–Trinajstić information content (AvgIpc) is 3.00. The van der Waals surface area contributed by atoms with Crippen LogP contribution in [0, 0.1) is 0 Å². The lowest BCUT2D eigenvalue weighted by atomic mass is 10.1. The standard InChI is InChI=1S/C14H19N5O2/c1-11(9-21-2)16-14(20)13(19-10-15-17-18-19)8-12-6-4-3-5-7-12/h3-7,10-11,13H,8-9H2,1-2H3,(H,16,20). The summed E-state index contributed by atoms with van der Waals surface area (Å²) in [5.74, 6) is -0.129. The van der Waals surface area contributed by atoms with Crippen LogP contribution in [0.4, 0.5) is 0 Å². The summed E-state index contributed by atoms with van der Waals surface area (Å²) in [4.78, 5) is 12.4. The molecular weight excluding hydrogens is 270 g/mol. The number of hydrogen-bond acceptors (Lipinski definition) is 5. The Morgan fingerprint density at radius 1 is 1.38 bits per heavy atom. The van der Waals surface area contributed by atoms with Gasteiger partial charge in [0.15, 0.2) is 0 Å². The van der Waals surface area contributed by atoms with Crippen molar-refractivity contribution >= 4 is 5.91 Å². The largest absolute Gasteiger partial charge is 0.383 e. The average molecular weight is 289 g/mol. The Hall–Kier alpha value is -2.28. The monoisotopic (exact) mass is 289 g/mol.